The number of nitrogens with zero attached hydrogens (tertiary/aromatic N) is 6. The van der Waals surface area contributed by atoms with Crippen molar-refractivity contribution in [2.75, 3.05) is 38.2 Å². The molecule has 1 aliphatic rings. The standard InChI is InChI=1S/C19H19FN6O2/c1-28-16-3-2-14(10-15(16)20)19(27)25-8-6-24(7-9-25)17-11-18(23-12-22-17)26-5-4-21-13-26/h2-5,10-13H,6-9H2,1H3. The Hall–Kier alpha value is -3.49. The fourth-order valence-corrected chi connectivity index (χ4v) is 3.17. The first-order valence-corrected chi connectivity index (χ1v) is 8.84. The number of carbonyl (C=O) groups is 1. The van der Waals surface area contributed by atoms with Crippen LogP contribution in [0, 0.1) is 5.82 Å². The van der Waals surface area contributed by atoms with Crippen molar-refractivity contribution in [2.24, 2.45) is 0 Å². The lowest BCUT2D eigenvalue weighted by atomic mass is 10.1. The summed E-state index contributed by atoms with van der Waals surface area (Å²) in [6, 6.07) is 6.16. The Balaban J connectivity index is 1.43. The average molecular weight is 382 g/mol. The summed E-state index contributed by atoms with van der Waals surface area (Å²) in [5, 5.41) is 0. The molecule has 3 aromatic rings. The van der Waals surface area contributed by atoms with Gasteiger partial charge in [-0.25, -0.2) is 19.3 Å². The molecule has 4 rings (SSSR count). The van der Waals surface area contributed by atoms with E-state index in [0.717, 1.165) is 11.6 Å². The number of rotatable bonds is 4. The second kappa shape index (κ2) is 7.63. The average Bonchev–Trinajstić information content (AvgIpc) is 3.28. The predicted octanol–water partition coefficient (Wildman–Crippen LogP) is 1.77. The van der Waals surface area contributed by atoms with Crippen molar-refractivity contribution in [3.63, 3.8) is 0 Å². The second-order valence-corrected chi connectivity index (χ2v) is 6.33. The Morgan fingerprint density at radius 3 is 2.57 bits per heavy atom. The van der Waals surface area contributed by atoms with Crippen LogP contribution in [0.4, 0.5) is 10.2 Å². The largest absolute Gasteiger partial charge is 0.494 e. The molecule has 28 heavy (non-hydrogen) atoms. The summed E-state index contributed by atoms with van der Waals surface area (Å²) in [6.07, 6.45) is 6.70. The van der Waals surface area contributed by atoms with E-state index < -0.39 is 5.82 Å². The number of imidazole rings is 1. The Morgan fingerprint density at radius 2 is 1.89 bits per heavy atom. The number of piperazine rings is 1. The van der Waals surface area contributed by atoms with E-state index in [9.17, 15) is 9.18 Å². The van der Waals surface area contributed by atoms with Gasteiger partial charge in [0.1, 0.15) is 24.3 Å². The minimum absolute atomic E-state index is 0.124. The van der Waals surface area contributed by atoms with Gasteiger partial charge in [-0.2, -0.15) is 0 Å². The van der Waals surface area contributed by atoms with Crippen LogP contribution in [0.2, 0.25) is 0 Å². The van der Waals surface area contributed by atoms with Crippen molar-refractivity contribution >= 4 is 11.7 Å². The number of hydrogen-bond acceptors (Lipinski definition) is 6. The van der Waals surface area contributed by atoms with Crippen molar-refractivity contribution < 1.29 is 13.9 Å². The molecule has 0 bridgehead atoms. The van der Waals surface area contributed by atoms with Crippen LogP contribution in [0.3, 0.4) is 0 Å². The van der Waals surface area contributed by atoms with Gasteiger partial charge in [0, 0.05) is 50.2 Å². The van der Waals surface area contributed by atoms with E-state index in [0.29, 0.717) is 31.7 Å². The van der Waals surface area contributed by atoms with Gasteiger partial charge in [0.05, 0.1) is 7.11 Å². The first-order chi connectivity index (χ1) is 13.7. The lowest BCUT2D eigenvalue weighted by Gasteiger charge is -2.35. The molecule has 0 aliphatic carbocycles. The van der Waals surface area contributed by atoms with E-state index in [2.05, 4.69) is 19.9 Å². The highest BCUT2D eigenvalue weighted by atomic mass is 19.1. The van der Waals surface area contributed by atoms with E-state index in [-0.39, 0.29) is 11.7 Å². The smallest absolute Gasteiger partial charge is 0.254 e. The van der Waals surface area contributed by atoms with Gasteiger partial charge in [-0.1, -0.05) is 0 Å². The van der Waals surface area contributed by atoms with Crippen LogP contribution in [0.15, 0.2) is 49.3 Å². The first kappa shape index (κ1) is 17.9. The summed E-state index contributed by atoms with van der Waals surface area (Å²) < 4.78 is 20.6. The number of hydrogen-bond donors (Lipinski definition) is 0. The molecule has 0 saturated carbocycles. The highest BCUT2D eigenvalue weighted by Crippen LogP contribution is 2.20. The molecule has 9 heteroatoms. The van der Waals surface area contributed by atoms with E-state index >= 15 is 0 Å². The number of benzene rings is 1. The molecule has 0 atom stereocenters. The van der Waals surface area contributed by atoms with Crippen molar-refractivity contribution in [2.45, 2.75) is 0 Å². The van der Waals surface area contributed by atoms with Gasteiger partial charge < -0.3 is 14.5 Å². The molecule has 1 aliphatic heterocycles. The maximum absolute atomic E-state index is 13.9. The van der Waals surface area contributed by atoms with Gasteiger partial charge in [0.25, 0.3) is 5.91 Å². The van der Waals surface area contributed by atoms with Crippen molar-refractivity contribution in [3.05, 3.63) is 60.7 Å². The van der Waals surface area contributed by atoms with Crippen molar-refractivity contribution in [1.82, 2.24) is 24.4 Å². The molecule has 1 amide bonds. The molecular weight excluding hydrogens is 363 g/mol. The number of aromatic nitrogens is 4. The Kier molecular flexibility index (Phi) is 4.88. The summed E-state index contributed by atoms with van der Waals surface area (Å²) in [5.74, 6) is 0.915. The van der Waals surface area contributed by atoms with Gasteiger partial charge >= 0.3 is 0 Å². The van der Waals surface area contributed by atoms with E-state index in [1.165, 1.54) is 25.6 Å². The third kappa shape index (κ3) is 3.51. The van der Waals surface area contributed by atoms with Gasteiger partial charge in [0.2, 0.25) is 0 Å². The zero-order chi connectivity index (χ0) is 19.5. The fourth-order valence-electron chi connectivity index (χ4n) is 3.17. The molecule has 1 saturated heterocycles. The second-order valence-electron chi connectivity index (χ2n) is 6.33. The molecule has 0 unspecified atom stereocenters. The molecule has 2 aromatic heterocycles. The number of amides is 1. The maximum atomic E-state index is 13.9. The van der Waals surface area contributed by atoms with Crippen LogP contribution in [-0.2, 0) is 0 Å². The molecule has 8 nitrogen and oxygen atoms in total. The predicted molar refractivity (Wildman–Crippen MR) is 100 cm³/mol. The summed E-state index contributed by atoms with van der Waals surface area (Å²) in [7, 11) is 1.39. The lowest BCUT2D eigenvalue weighted by Crippen LogP contribution is -2.49. The van der Waals surface area contributed by atoms with E-state index in [4.69, 9.17) is 4.74 Å². The van der Waals surface area contributed by atoms with Crippen LogP contribution in [0.1, 0.15) is 10.4 Å². The molecule has 3 heterocycles. The Labute approximate surface area is 161 Å². The quantitative estimate of drug-likeness (QED) is 0.685. The Bertz CT molecular complexity index is 970. The third-order valence-electron chi connectivity index (χ3n) is 4.70. The monoisotopic (exact) mass is 382 g/mol. The number of anilines is 1. The minimum atomic E-state index is -0.542. The summed E-state index contributed by atoms with van der Waals surface area (Å²) in [4.78, 5) is 29.1. The normalized spacial score (nSPS) is 14.2. The molecule has 1 fully saturated rings. The third-order valence-corrected chi connectivity index (χ3v) is 4.70. The van der Waals surface area contributed by atoms with Crippen molar-refractivity contribution in [1.29, 1.82) is 0 Å². The van der Waals surface area contributed by atoms with Crippen molar-refractivity contribution in [3.8, 4) is 11.6 Å². The summed E-state index contributed by atoms with van der Waals surface area (Å²) in [5.41, 5.74) is 0.316. The summed E-state index contributed by atoms with van der Waals surface area (Å²) >= 11 is 0. The van der Waals surface area contributed by atoms with Crippen LogP contribution >= 0.6 is 0 Å². The number of carbonyl (C=O) groups excluding carboxylic acids is 1. The topological polar surface area (TPSA) is 76.4 Å². The van der Waals surface area contributed by atoms with Crippen LogP contribution < -0.4 is 9.64 Å². The Morgan fingerprint density at radius 1 is 1.11 bits per heavy atom. The maximum Gasteiger partial charge on any atom is 0.254 e. The van der Waals surface area contributed by atoms with Gasteiger partial charge in [0.15, 0.2) is 11.6 Å². The van der Waals surface area contributed by atoms with Gasteiger partial charge in [-0.3, -0.25) is 9.36 Å². The molecule has 0 spiro atoms. The molecular formula is C19H19FN6O2. The SMILES string of the molecule is COc1ccc(C(=O)N2CCN(c3cc(-n4ccnc4)ncn3)CC2)cc1F. The molecule has 144 valence electrons. The van der Waals surface area contributed by atoms with Crippen LogP contribution in [0.25, 0.3) is 5.82 Å². The zero-order valence-electron chi connectivity index (χ0n) is 15.3. The summed E-state index contributed by atoms with van der Waals surface area (Å²) in [6.45, 7) is 2.31. The molecule has 0 N–H and O–H groups in total. The van der Waals surface area contributed by atoms with Crippen LogP contribution in [-0.4, -0.2) is 63.6 Å². The van der Waals surface area contributed by atoms with E-state index in [1.54, 1.807) is 23.5 Å². The van der Waals surface area contributed by atoms with Gasteiger partial charge in [-0.15, -0.1) is 0 Å². The first-order valence-electron chi connectivity index (χ1n) is 8.84. The number of ether oxygens (including phenoxy) is 1. The molecule has 1 aromatic carbocycles. The number of halogens is 1. The lowest BCUT2D eigenvalue weighted by molar-refractivity contribution is 0.0746. The zero-order valence-corrected chi connectivity index (χ0v) is 15.3. The van der Waals surface area contributed by atoms with Crippen LogP contribution in [0.5, 0.6) is 5.75 Å². The highest BCUT2D eigenvalue weighted by molar-refractivity contribution is 5.94. The highest BCUT2D eigenvalue weighted by Gasteiger charge is 2.24. The number of methoxy groups -OCH3 is 1. The fraction of sp³-hybridized carbons (Fsp3) is 0.263. The molecule has 0 radical (unpaired) electrons. The van der Waals surface area contributed by atoms with Gasteiger partial charge in [-0.05, 0) is 18.2 Å². The van der Waals surface area contributed by atoms with E-state index in [1.807, 2.05) is 16.8 Å². The minimum Gasteiger partial charge on any atom is -0.494 e.